The molecule has 0 aliphatic heterocycles. The molecule has 0 amide bonds. The number of aliphatic hydroxyl groups excluding tert-OH is 1. The van der Waals surface area contributed by atoms with Crippen LogP contribution in [0.3, 0.4) is 0 Å². The lowest BCUT2D eigenvalue weighted by Gasteiger charge is -2.70. The Labute approximate surface area is 206 Å². The lowest BCUT2D eigenvalue weighted by atomic mass is 9.33. The molecule has 0 aromatic carbocycles. The zero-order chi connectivity index (χ0) is 25.1. The Hall–Kier alpha value is -1.16. The van der Waals surface area contributed by atoms with Crippen LogP contribution < -0.4 is 0 Å². The molecular formula is C30H46O4. The summed E-state index contributed by atoms with van der Waals surface area (Å²) in [6.07, 6.45) is 9.77. The van der Waals surface area contributed by atoms with Crippen molar-refractivity contribution in [2.45, 2.75) is 112 Å². The summed E-state index contributed by atoms with van der Waals surface area (Å²) in [5.41, 5.74) is -0.0653. The number of carboxylic acid groups (broad SMARTS) is 1. The maximum absolute atomic E-state index is 14.2. The van der Waals surface area contributed by atoms with Crippen molar-refractivity contribution in [3.63, 3.8) is 0 Å². The van der Waals surface area contributed by atoms with Gasteiger partial charge in [0, 0.05) is 11.3 Å². The van der Waals surface area contributed by atoms with E-state index in [4.69, 9.17) is 0 Å². The first kappa shape index (κ1) is 24.5. The molecule has 0 radical (unpaired) electrons. The van der Waals surface area contributed by atoms with E-state index in [0.717, 1.165) is 44.9 Å². The van der Waals surface area contributed by atoms with Gasteiger partial charge >= 0.3 is 5.97 Å². The van der Waals surface area contributed by atoms with Gasteiger partial charge in [-0.3, -0.25) is 9.59 Å². The summed E-state index contributed by atoms with van der Waals surface area (Å²) in [5.74, 6) is -0.204. The van der Waals surface area contributed by atoms with Gasteiger partial charge in [0.2, 0.25) is 0 Å². The van der Waals surface area contributed by atoms with Crippen LogP contribution in [0.2, 0.25) is 0 Å². The van der Waals surface area contributed by atoms with Gasteiger partial charge in [0.15, 0.2) is 5.78 Å². The summed E-state index contributed by atoms with van der Waals surface area (Å²) in [7, 11) is 0. The highest BCUT2D eigenvalue weighted by Crippen LogP contribution is 2.75. The average Bonchev–Trinajstić information content (AvgIpc) is 2.74. The van der Waals surface area contributed by atoms with Crippen molar-refractivity contribution in [2.75, 3.05) is 0 Å². The third-order valence-electron chi connectivity index (χ3n) is 13.0. The minimum absolute atomic E-state index is 0.0667. The van der Waals surface area contributed by atoms with Crippen molar-refractivity contribution < 1.29 is 19.8 Å². The molecule has 0 aromatic rings. The molecule has 0 heterocycles. The van der Waals surface area contributed by atoms with Gasteiger partial charge in [0.1, 0.15) is 0 Å². The van der Waals surface area contributed by atoms with Gasteiger partial charge in [0.05, 0.1) is 11.5 Å². The molecule has 4 saturated carbocycles. The van der Waals surface area contributed by atoms with Crippen molar-refractivity contribution in [2.24, 2.45) is 50.2 Å². The lowest BCUT2D eigenvalue weighted by Crippen LogP contribution is -2.68. The van der Waals surface area contributed by atoms with Crippen LogP contribution in [0.15, 0.2) is 11.6 Å². The smallest absolute Gasteiger partial charge is 0.309 e. The highest BCUT2D eigenvalue weighted by Gasteiger charge is 2.71. The van der Waals surface area contributed by atoms with Crippen molar-refractivity contribution in [1.82, 2.24) is 0 Å². The molecule has 4 nitrogen and oxygen atoms in total. The number of ketones is 1. The molecule has 0 bridgehead atoms. The Bertz CT molecular complexity index is 965. The first-order chi connectivity index (χ1) is 15.6. The Morgan fingerprint density at radius 1 is 0.912 bits per heavy atom. The van der Waals surface area contributed by atoms with Crippen LogP contribution in [0, 0.1) is 50.2 Å². The number of carboxylic acids is 1. The number of allylic oxidation sites excluding steroid dienone is 2. The number of fused-ring (bicyclic) bond motifs is 7. The molecule has 5 aliphatic rings. The fraction of sp³-hybridized carbons (Fsp3) is 0.867. The van der Waals surface area contributed by atoms with Gasteiger partial charge in [-0.15, -0.1) is 0 Å². The monoisotopic (exact) mass is 470 g/mol. The highest BCUT2D eigenvalue weighted by atomic mass is 16.4. The van der Waals surface area contributed by atoms with Crippen LogP contribution in [0.25, 0.3) is 0 Å². The minimum atomic E-state index is -0.725. The van der Waals surface area contributed by atoms with Crippen molar-refractivity contribution in [1.29, 1.82) is 0 Å². The van der Waals surface area contributed by atoms with E-state index >= 15 is 0 Å². The Morgan fingerprint density at radius 3 is 2.21 bits per heavy atom. The fourth-order valence-corrected chi connectivity index (χ4v) is 10.3. The van der Waals surface area contributed by atoms with E-state index in [-0.39, 0.29) is 39.3 Å². The Kier molecular flexibility index (Phi) is 5.04. The molecule has 0 spiro atoms. The number of carbonyl (C=O) groups excluding carboxylic acids is 1. The fourth-order valence-electron chi connectivity index (χ4n) is 10.3. The van der Waals surface area contributed by atoms with E-state index in [1.807, 2.05) is 13.0 Å². The van der Waals surface area contributed by atoms with Gasteiger partial charge in [-0.25, -0.2) is 0 Å². The first-order valence-corrected chi connectivity index (χ1v) is 13.7. The zero-order valence-corrected chi connectivity index (χ0v) is 22.5. The number of carbonyl (C=O) groups is 2. The van der Waals surface area contributed by atoms with Crippen LogP contribution >= 0.6 is 0 Å². The summed E-state index contributed by atoms with van der Waals surface area (Å²) in [4.78, 5) is 26.5. The normalized spacial score (nSPS) is 54.1. The second-order valence-corrected chi connectivity index (χ2v) is 15.0. The summed E-state index contributed by atoms with van der Waals surface area (Å²) in [6, 6.07) is 0. The summed E-state index contributed by atoms with van der Waals surface area (Å²) in [5, 5.41) is 21.5. The van der Waals surface area contributed by atoms with Gasteiger partial charge in [-0.2, -0.15) is 0 Å². The number of hydrogen-bond donors (Lipinski definition) is 2. The quantitative estimate of drug-likeness (QED) is 0.464. The van der Waals surface area contributed by atoms with Crippen LogP contribution in [0.1, 0.15) is 106 Å². The summed E-state index contributed by atoms with van der Waals surface area (Å²) >= 11 is 0. The maximum Gasteiger partial charge on any atom is 0.309 e. The van der Waals surface area contributed by atoms with E-state index in [1.54, 1.807) is 0 Å². The van der Waals surface area contributed by atoms with Gasteiger partial charge in [-0.05, 0) is 104 Å². The highest BCUT2D eigenvalue weighted by molar-refractivity contribution is 5.95. The maximum atomic E-state index is 14.2. The number of rotatable bonds is 1. The van der Waals surface area contributed by atoms with E-state index < -0.39 is 22.9 Å². The molecule has 0 saturated heterocycles. The van der Waals surface area contributed by atoms with E-state index in [1.165, 1.54) is 5.57 Å². The van der Waals surface area contributed by atoms with Crippen molar-refractivity contribution in [3.05, 3.63) is 11.6 Å². The van der Waals surface area contributed by atoms with Crippen LogP contribution in [-0.4, -0.2) is 28.1 Å². The molecular weight excluding hydrogens is 424 g/mol. The molecule has 0 aromatic heterocycles. The molecule has 5 aliphatic carbocycles. The van der Waals surface area contributed by atoms with Gasteiger partial charge < -0.3 is 10.2 Å². The van der Waals surface area contributed by atoms with Crippen LogP contribution in [-0.2, 0) is 9.59 Å². The van der Waals surface area contributed by atoms with Crippen LogP contribution in [0.5, 0.6) is 0 Å². The predicted molar refractivity (Wildman–Crippen MR) is 133 cm³/mol. The van der Waals surface area contributed by atoms with Gasteiger partial charge in [0.25, 0.3) is 0 Å². The number of aliphatic hydroxyl groups is 1. The third-order valence-corrected chi connectivity index (χ3v) is 13.0. The molecule has 5 rings (SSSR count). The number of hydrogen-bond acceptors (Lipinski definition) is 3. The largest absolute Gasteiger partial charge is 0.481 e. The summed E-state index contributed by atoms with van der Waals surface area (Å²) < 4.78 is 0. The zero-order valence-electron chi connectivity index (χ0n) is 22.5. The molecule has 34 heavy (non-hydrogen) atoms. The SMILES string of the molecule is CC1(C)CC[C@H](O)[C@]2(C)[C@H]3C(=O)C=C4[C@@H]5C[C@](C)(C(=O)O)CC[C@]5(C)CC[C@@]4(C)[C@]3(C)CC[C@@H]12. The third kappa shape index (κ3) is 2.81. The van der Waals surface area contributed by atoms with E-state index in [9.17, 15) is 19.8 Å². The van der Waals surface area contributed by atoms with Crippen molar-refractivity contribution >= 4 is 11.8 Å². The predicted octanol–water partition coefficient (Wildman–Crippen LogP) is 6.41. The van der Waals surface area contributed by atoms with Crippen LogP contribution in [0.4, 0.5) is 0 Å². The first-order valence-electron chi connectivity index (χ1n) is 13.7. The topological polar surface area (TPSA) is 74.6 Å². The second kappa shape index (κ2) is 6.99. The molecule has 4 heteroatoms. The van der Waals surface area contributed by atoms with Crippen molar-refractivity contribution in [3.8, 4) is 0 Å². The second-order valence-electron chi connectivity index (χ2n) is 15.0. The molecule has 9 atom stereocenters. The van der Waals surface area contributed by atoms with E-state index in [0.29, 0.717) is 18.8 Å². The lowest BCUT2D eigenvalue weighted by molar-refractivity contribution is -0.216. The minimum Gasteiger partial charge on any atom is -0.481 e. The molecule has 190 valence electrons. The Morgan fingerprint density at radius 2 is 1.56 bits per heavy atom. The molecule has 4 fully saturated rings. The summed E-state index contributed by atoms with van der Waals surface area (Å²) in [6.45, 7) is 15.9. The van der Waals surface area contributed by atoms with Gasteiger partial charge in [-0.1, -0.05) is 47.1 Å². The standard InChI is InChI=1S/C30H46O4/c1-25(2)10-9-22(32)30(7)21(25)8-11-29(6)23(30)20(31)16-18-19-17-27(4,24(33)34)13-12-26(19,3)14-15-28(18,29)5/h16,19,21-23,32H,8-15,17H2,1-7H3,(H,33,34)/t19-,21-,22-,23-,26+,27+,28+,29+,30+/m0/s1. The molecule has 2 N–H and O–H groups in total. The number of aliphatic carboxylic acids is 1. The molecule has 0 unspecified atom stereocenters. The van der Waals surface area contributed by atoms with E-state index in [2.05, 4.69) is 41.5 Å². The average molecular weight is 471 g/mol. The Balaban J connectivity index is 1.65.